The van der Waals surface area contributed by atoms with Crippen LogP contribution in [0.4, 0.5) is 4.79 Å². The number of carbonyl (C=O) groups excluding carboxylic acids is 2. The van der Waals surface area contributed by atoms with E-state index in [-0.39, 0.29) is 6.04 Å². The molecule has 6 heteroatoms. The minimum Gasteiger partial charge on any atom is -0.478 e. The lowest BCUT2D eigenvalue weighted by Crippen LogP contribution is -2.47. The molecular weight excluding hydrogens is 260 g/mol. The van der Waals surface area contributed by atoms with Crippen LogP contribution in [-0.2, 0) is 9.59 Å². The molecule has 1 rings (SSSR count). The van der Waals surface area contributed by atoms with Crippen LogP contribution in [0.15, 0.2) is 12.2 Å². The molecule has 0 aromatic rings. The number of hydrogen-bond acceptors (Lipinski definition) is 3. The monoisotopic (exact) mass is 282 g/mol. The maximum Gasteiger partial charge on any atom is 0.328 e. The Labute approximate surface area is 118 Å². The molecule has 0 heterocycles. The van der Waals surface area contributed by atoms with Crippen LogP contribution in [0, 0.1) is 5.41 Å². The summed E-state index contributed by atoms with van der Waals surface area (Å²) >= 11 is 0. The van der Waals surface area contributed by atoms with Gasteiger partial charge in [-0.05, 0) is 31.1 Å². The molecule has 0 aliphatic heterocycles. The number of urea groups is 1. The molecule has 6 nitrogen and oxygen atoms in total. The van der Waals surface area contributed by atoms with E-state index in [2.05, 4.69) is 19.2 Å². The predicted octanol–water partition coefficient (Wildman–Crippen LogP) is 1.76. The van der Waals surface area contributed by atoms with E-state index in [0.717, 1.165) is 31.8 Å². The summed E-state index contributed by atoms with van der Waals surface area (Å²) in [5.41, 5.74) is 0.313. The number of aliphatic carboxylic acids is 1. The number of carbonyl (C=O) groups is 3. The normalized spacial score (nSPS) is 18.8. The molecule has 0 spiro atoms. The van der Waals surface area contributed by atoms with Crippen LogP contribution in [0.1, 0.15) is 39.5 Å². The van der Waals surface area contributed by atoms with Crippen molar-refractivity contribution in [2.45, 2.75) is 45.6 Å². The topological polar surface area (TPSA) is 86.7 Å². The molecule has 1 aliphatic carbocycles. The van der Waals surface area contributed by atoms with Crippen molar-refractivity contribution < 1.29 is 19.5 Å². The third kappa shape index (κ3) is 5.03. The Morgan fingerprint density at radius 1 is 1.20 bits per heavy atom. The molecule has 20 heavy (non-hydrogen) atoms. The molecule has 0 bridgehead atoms. The Hall–Kier alpha value is -1.85. The second-order valence-corrected chi connectivity index (χ2v) is 5.97. The highest BCUT2D eigenvalue weighted by Crippen LogP contribution is 2.36. The summed E-state index contributed by atoms with van der Waals surface area (Å²) in [5.74, 6) is -1.95. The maximum atomic E-state index is 11.9. The van der Waals surface area contributed by atoms with E-state index in [9.17, 15) is 14.4 Å². The SMILES string of the molecule is CN(C(=O)NC(=O)/C=C/C(=O)O)C1CCC(C)(C)CC1. The van der Waals surface area contributed by atoms with Crippen LogP contribution in [-0.4, -0.2) is 41.0 Å². The molecule has 1 fully saturated rings. The lowest BCUT2D eigenvalue weighted by molar-refractivity contribution is -0.131. The van der Waals surface area contributed by atoms with E-state index < -0.39 is 17.9 Å². The zero-order valence-electron chi connectivity index (χ0n) is 12.2. The van der Waals surface area contributed by atoms with Crippen LogP contribution in [0.5, 0.6) is 0 Å². The second kappa shape index (κ2) is 6.54. The average Bonchev–Trinajstić information content (AvgIpc) is 2.35. The highest BCUT2D eigenvalue weighted by Gasteiger charge is 2.30. The van der Waals surface area contributed by atoms with Gasteiger partial charge in [-0.1, -0.05) is 13.8 Å². The van der Waals surface area contributed by atoms with Crippen LogP contribution >= 0.6 is 0 Å². The number of amides is 3. The van der Waals surface area contributed by atoms with Gasteiger partial charge >= 0.3 is 12.0 Å². The van der Waals surface area contributed by atoms with Crippen molar-refractivity contribution in [3.8, 4) is 0 Å². The van der Waals surface area contributed by atoms with Gasteiger partial charge in [0.2, 0.25) is 0 Å². The van der Waals surface area contributed by atoms with E-state index >= 15 is 0 Å². The molecule has 0 saturated heterocycles. The van der Waals surface area contributed by atoms with Gasteiger partial charge in [-0.25, -0.2) is 9.59 Å². The Bertz CT molecular complexity index is 419. The van der Waals surface area contributed by atoms with Gasteiger partial charge in [-0.2, -0.15) is 0 Å². The fraction of sp³-hybridized carbons (Fsp3) is 0.643. The van der Waals surface area contributed by atoms with Gasteiger partial charge in [0.25, 0.3) is 5.91 Å². The van der Waals surface area contributed by atoms with Gasteiger partial charge in [-0.15, -0.1) is 0 Å². The average molecular weight is 282 g/mol. The Kier molecular flexibility index (Phi) is 5.30. The lowest BCUT2D eigenvalue weighted by Gasteiger charge is -2.38. The number of nitrogens with one attached hydrogen (secondary N) is 1. The number of carboxylic acids is 1. The first-order valence-electron chi connectivity index (χ1n) is 6.70. The number of carboxylic acid groups (broad SMARTS) is 1. The van der Waals surface area contributed by atoms with E-state index in [1.807, 2.05) is 0 Å². The molecule has 0 atom stereocenters. The zero-order chi connectivity index (χ0) is 15.3. The van der Waals surface area contributed by atoms with Gasteiger partial charge < -0.3 is 10.0 Å². The highest BCUT2D eigenvalue weighted by molar-refractivity contribution is 6.02. The molecule has 0 aromatic heterocycles. The maximum absolute atomic E-state index is 11.9. The molecule has 1 aliphatic rings. The van der Waals surface area contributed by atoms with E-state index in [1.54, 1.807) is 7.05 Å². The quantitative estimate of drug-likeness (QED) is 0.772. The zero-order valence-corrected chi connectivity index (χ0v) is 12.2. The van der Waals surface area contributed by atoms with Crippen LogP contribution in [0.3, 0.4) is 0 Å². The first-order valence-corrected chi connectivity index (χ1v) is 6.70. The van der Waals surface area contributed by atoms with Crippen molar-refractivity contribution in [1.82, 2.24) is 10.2 Å². The molecule has 112 valence electrons. The fourth-order valence-electron chi connectivity index (χ4n) is 2.32. The van der Waals surface area contributed by atoms with E-state index in [1.165, 1.54) is 4.90 Å². The molecule has 0 radical (unpaired) electrons. The largest absolute Gasteiger partial charge is 0.478 e. The summed E-state index contributed by atoms with van der Waals surface area (Å²) in [6, 6.07) is -0.367. The molecule has 0 unspecified atom stereocenters. The number of hydrogen-bond donors (Lipinski definition) is 2. The lowest BCUT2D eigenvalue weighted by atomic mass is 9.75. The minimum atomic E-state index is -1.23. The second-order valence-electron chi connectivity index (χ2n) is 5.97. The van der Waals surface area contributed by atoms with Crippen molar-refractivity contribution in [2.24, 2.45) is 5.41 Å². The first kappa shape index (κ1) is 16.2. The molecular formula is C14H22N2O4. The van der Waals surface area contributed by atoms with Crippen molar-refractivity contribution >= 4 is 17.9 Å². The van der Waals surface area contributed by atoms with Crippen molar-refractivity contribution in [2.75, 3.05) is 7.05 Å². The van der Waals surface area contributed by atoms with Gasteiger partial charge in [0.15, 0.2) is 0 Å². The number of nitrogens with zero attached hydrogens (tertiary/aromatic N) is 1. The van der Waals surface area contributed by atoms with Gasteiger partial charge in [0.1, 0.15) is 0 Å². The Morgan fingerprint density at radius 2 is 1.75 bits per heavy atom. The summed E-state index contributed by atoms with van der Waals surface area (Å²) in [6.45, 7) is 4.42. The standard InChI is InChI=1S/C14H22N2O4/c1-14(2)8-6-10(7-9-14)16(3)13(20)15-11(17)4-5-12(18)19/h4-5,10H,6-9H2,1-3H3,(H,18,19)(H,15,17,20)/b5-4+. The summed E-state index contributed by atoms with van der Waals surface area (Å²) < 4.78 is 0. The summed E-state index contributed by atoms with van der Waals surface area (Å²) in [5, 5.41) is 10.5. The van der Waals surface area contributed by atoms with Crippen molar-refractivity contribution in [3.05, 3.63) is 12.2 Å². The smallest absolute Gasteiger partial charge is 0.328 e. The molecule has 2 N–H and O–H groups in total. The Morgan fingerprint density at radius 3 is 2.25 bits per heavy atom. The summed E-state index contributed by atoms with van der Waals surface area (Å²) in [7, 11) is 1.66. The summed E-state index contributed by atoms with van der Waals surface area (Å²) in [4.78, 5) is 35.0. The van der Waals surface area contributed by atoms with Crippen molar-refractivity contribution in [3.63, 3.8) is 0 Å². The molecule has 0 aromatic carbocycles. The van der Waals surface area contributed by atoms with E-state index in [0.29, 0.717) is 11.5 Å². The third-order valence-electron chi connectivity index (χ3n) is 3.78. The van der Waals surface area contributed by atoms with Gasteiger partial charge in [0, 0.05) is 25.2 Å². The minimum absolute atomic E-state index is 0.124. The van der Waals surface area contributed by atoms with Gasteiger partial charge in [0.05, 0.1) is 0 Å². The third-order valence-corrected chi connectivity index (χ3v) is 3.78. The van der Waals surface area contributed by atoms with Crippen LogP contribution in [0.25, 0.3) is 0 Å². The predicted molar refractivity (Wildman–Crippen MR) is 74.1 cm³/mol. The number of imide groups is 1. The van der Waals surface area contributed by atoms with Crippen molar-refractivity contribution in [1.29, 1.82) is 0 Å². The van der Waals surface area contributed by atoms with Crippen LogP contribution < -0.4 is 5.32 Å². The fourth-order valence-corrected chi connectivity index (χ4v) is 2.32. The molecule has 3 amide bonds. The Balaban J connectivity index is 2.47. The molecule has 1 saturated carbocycles. The van der Waals surface area contributed by atoms with E-state index in [4.69, 9.17) is 5.11 Å². The summed E-state index contributed by atoms with van der Waals surface area (Å²) in [6.07, 6.45) is 5.44. The number of rotatable bonds is 3. The first-order chi connectivity index (χ1) is 9.21. The highest BCUT2D eigenvalue weighted by atomic mass is 16.4. The van der Waals surface area contributed by atoms with Gasteiger partial charge in [-0.3, -0.25) is 10.1 Å². The van der Waals surface area contributed by atoms with Crippen LogP contribution in [0.2, 0.25) is 0 Å².